The summed E-state index contributed by atoms with van der Waals surface area (Å²) in [5.74, 6) is 0.729. The number of ether oxygens (including phenoxy) is 1. The number of thiazole rings is 1. The third kappa shape index (κ3) is 4.59. The maximum absolute atomic E-state index is 13.7. The number of benzene rings is 2. The highest BCUT2D eigenvalue weighted by Crippen LogP contribution is 2.31. The van der Waals surface area contributed by atoms with Crippen molar-refractivity contribution < 1.29 is 13.9 Å². The van der Waals surface area contributed by atoms with E-state index in [9.17, 15) is 9.59 Å². The zero-order valence-corrected chi connectivity index (χ0v) is 21.5. The minimum absolute atomic E-state index is 0.251. The van der Waals surface area contributed by atoms with Gasteiger partial charge >= 0.3 is 5.97 Å². The Morgan fingerprint density at radius 1 is 1.11 bits per heavy atom. The lowest BCUT2D eigenvalue weighted by atomic mass is 9.96. The molecule has 1 unspecified atom stereocenters. The van der Waals surface area contributed by atoms with Crippen molar-refractivity contribution in [3.63, 3.8) is 0 Å². The number of halogens is 1. The average Bonchev–Trinajstić information content (AvgIpc) is 3.43. The van der Waals surface area contributed by atoms with Gasteiger partial charge in [-0.3, -0.25) is 9.36 Å². The van der Waals surface area contributed by atoms with Gasteiger partial charge in [-0.15, -0.1) is 0 Å². The van der Waals surface area contributed by atoms with E-state index in [0.717, 1.165) is 11.1 Å². The number of hydrogen-bond donors (Lipinski definition) is 0. The summed E-state index contributed by atoms with van der Waals surface area (Å²) in [4.78, 5) is 31.9. The van der Waals surface area contributed by atoms with Crippen LogP contribution in [0.5, 0.6) is 0 Å². The normalized spacial score (nSPS) is 15.7. The lowest BCUT2D eigenvalue weighted by molar-refractivity contribution is -0.143. The fourth-order valence-electron chi connectivity index (χ4n) is 4.14. The minimum Gasteiger partial charge on any atom is -0.459 e. The molecular formula is C28H23ClN2O4S. The van der Waals surface area contributed by atoms with Gasteiger partial charge in [0.2, 0.25) is 0 Å². The number of hydrogen-bond acceptors (Lipinski definition) is 6. The number of esters is 1. The van der Waals surface area contributed by atoms with Crippen LogP contribution in [-0.2, 0) is 9.53 Å². The molecular weight excluding hydrogens is 496 g/mol. The van der Waals surface area contributed by atoms with E-state index in [4.69, 9.17) is 20.8 Å². The second kappa shape index (κ2) is 9.76. The van der Waals surface area contributed by atoms with E-state index in [-0.39, 0.29) is 11.7 Å². The molecule has 36 heavy (non-hydrogen) atoms. The Morgan fingerprint density at radius 3 is 2.53 bits per heavy atom. The highest BCUT2D eigenvalue weighted by atomic mass is 35.5. The van der Waals surface area contributed by atoms with Crippen molar-refractivity contribution in [2.75, 3.05) is 0 Å². The molecule has 5 rings (SSSR count). The standard InChI is InChI=1S/C28H23ClN2O4S/c1-16(2)34-27(33)24-17(3)30-28-31(25(24)19-7-5-4-6-8-19)26(32)23(36-28)15-21-13-14-22(35-21)18-9-11-20(29)12-10-18/h4-16,25H,1-3H3. The Hall–Kier alpha value is -3.68. The fourth-order valence-corrected chi connectivity index (χ4v) is 5.29. The first-order valence-corrected chi connectivity index (χ1v) is 12.7. The van der Waals surface area contributed by atoms with Crippen molar-refractivity contribution in [3.05, 3.63) is 114 Å². The zero-order chi connectivity index (χ0) is 25.4. The number of nitrogens with zero attached hydrogens (tertiary/aromatic N) is 2. The Kier molecular flexibility index (Phi) is 6.51. The first kappa shape index (κ1) is 24.0. The first-order valence-electron chi connectivity index (χ1n) is 11.5. The largest absolute Gasteiger partial charge is 0.459 e. The van der Waals surface area contributed by atoms with Gasteiger partial charge < -0.3 is 9.15 Å². The predicted octanol–water partition coefficient (Wildman–Crippen LogP) is 5.10. The van der Waals surface area contributed by atoms with Gasteiger partial charge in [-0.2, -0.15) is 0 Å². The van der Waals surface area contributed by atoms with Crippen LogP contribution in [0.15, 0.2) is 92.2 Å². The number of furan rings is 1. The summed E-state index contributed by atoms with van der Waals surface area (Å²) >= 11 is 7.24. The third-order valence-electron chi connectivity index (χ3n) is 5.73. The lowest BCUT2D eigenvalue weighted by Crippen LogP contribution is -2.40. The molecule has 182 valence electrons. The van der Waals surface area contributed by atoms with Crippen molar-refractivity contribution in [1.82, 2.24) is 4.57 Å². The van der Waals surface area contributed by atoms with Crippen LogP contribution in [0.4, 0.5) is 0 Å². The van der Waals surface area contributed by atoms with Crippen molar-refractivity contribution in [3.8, 4) is 11.3 Å². The van der Waals surface area contributed by atoms with Crippen molar-refractivity contribution in [2.24, 2.45) is 4.99 Å². The van der Waals surface area contributed by atoms with Crippen molar-refractivity contribution in [1.29, 1.82) is 0 Å². The van der Waals surface area contributed by atoms with Crippen LogP contribution < -0.4 is 14.9 Å². The number of aromatic nitrogens is 1. The van der Waals surface area contributed by atoms with Crippen LogP contribution in [0.2, 0.25) is 5.02 Å². The molecule has 1 atom stereocenters. The predicted molar refractivity (Wildman–Crippen MR) is 141 cm³/mol. The van der Waals surface area contributed by atoms with E-state index in [1.54, 1.807) is 43.5 Å². The van der Waals surface area contributed by atoms with Gasteiger partial charge in [0.15, 0.2) is 4.80 Å². The molecule has 1 aliphatic heterocycles. The average molecular weight is 519 g/mol. The van der Waals surface area contributed by atoms with Crippen LogP contribution in [-0.4, -0.2) is 16.6 Å². The Bertz CT molecular complexity index is 1640. The number of carbonyl (C=O) groups excluding carboxylic acids is 1. The molecule has 1 aliphatic rings. The number of allylic oxidation sites excluding steroid dienone is 1. The second-order valence-electron chi connectivity index (χ2n) is 8.66. The molecule has 0 fully saturated rings. The molecule has 0 saturated heterocycles. The molecule has 4 aromatic rings. The number of fused-ring (bicyclic) bond motifs is 1. The maximum Gasteiger partial charge on any atom is 0.338 e. The van der Waals surface area contributed by atoms with Crippen molar-refractivity contribution >= 4 is 35.0 Å². The smallest absolute Gasteiger partial charge is 0.338 e. The number of carbonyl (C=O) groups is 1. The summed E-state index contributed by atoms with van der Waals surface area (Å²) < 4.78 is 13.5. The van der Waals surface area contributed by atoms with Crippen LogP contribution in [0.1, 0.15) is 38.1 Å². The van der Waals surface area contributed by atoms with Crippen LogP contribution >= 0.6 is 22.9 Å². The van der Waals surface area contributed by atoms with Gasteiger partial charge in [0.25, 0.3) is 5.56 Å². The molecule has 2 aromatic carbocycles. The molecule has 3 heterocycles. The van der Waals surface area contributed by atoms with Gasteiger partial charge in [0.05, 0.1) is 27.9 Å². The van der Waals surface area contributed by atoms with E-state index < -0.39 is 12.0 Å². The summed E-state index contributed by atoms with van der Waals surface area (Å²) in [6.45, 7) is 5.36. The van der Waals surface area contributed by atoms with Crippen LogP contribution in [0.25, 0.3) is 17.4 Å². The van der Waals surface area contributed by atoms with E-state index in [1.807, 2.05) is 54.6 Å². The van der Waals surface area contributed by atoms with Gasteiger partial charge in [-0.1, -0.05) is 53.3 Å². The van der Waals surface area contributed by atoms with Gasteiger partial charge in [0, 0.05) is 16.7 Å². The topological polar surface area (TPSA) is 73.8 Å². The minimum atomic E-state index is -0.642. The molecule has 0 radical (unpaired) electrons. The van der Waals surface area contributed by atoms with Gasteiger partial charge in [-0.05, 0) is 62.7 Å². The fraction of sp³-hybridized carbons (Fsp3) is 0.179. The molecule has 0 saturated carbocycles. The molecule has 0 spiro atoms. The zero-order valence-electron chi connectivity index (χ0n) is 19.9. The van der Waals surface area contributed by atoms with E-state index in [1.165, 1.54) is 11.3 Å². The molecule has 2 aromatic heterocycles. The van der Waals surface area contributed by atoms with Gasteiger partial charge in [-0.25, -0.2) is 9.79 Å². The van der Waals surface area contributed by atoms with Crippen LogP contribution in [0.3, 0.4) is 0 Å². The number of rotatable bonds is 5. The SMILES string of the molecule is CC1=C(C(=O)OC(C)C)C(c2ccccc2)n2c(sc(=Cc3ccc(-c4ccc(Cl)cc4)o3)c2=O)=N1. The van der Waals surface area contributed by atoms with Crippen LogP contribution in [0, 0.1) is 0 Å². The summed E-state index contributed by atoms with van der Waals surface area (Å²) in [5, 5.41) is 0.645. The Labute approximate surface area is 216 Å². The second-order valence-corrected chi connectivity index (χ2v) is 10.1. The van der Waals surface area contributed by atoms with Gasteiger partial charge in [0.1, 0.15) is 11.5 Å². The van der Waals surface area contributed by atoms with E-state index in [2.05, 4.69) is 4.99 Å². The molecule has 8 heteroatoms. The Balaban J connectivity index is 1.62. The summed E-state index contributed by atoms with van der Waals surface area (Å²) in [6.07, 6.45) is 1.41. The quantitative estimate of drug-likeness (QED) is 0.344. The highest BCUT2D eigenvalue weighted by molar-refractivity contribution is 7.07. The molecule has 0 N–H and O–H groups in total. The molecule has 0 amide bonds. The van der Waals surface area contributed by atoms with Crippen molar-refractivity contribution in [2.45, 2.75) is 32.9 Å². The molecule has 0 aliphatic carbocycles. The molecule has 0 bridgehead atoms. The summed E-state index contributed by atoms with van der Waals surface area (Å²) in [5.41, 5.74) is 2.33. The monoisotopic (exact) mass is 518 g/mol. The molecule has 6 nitrogen and oxygen atoms in total. The lowest BCUT2D eigenvalue weighted by Gasteiger charge is -2.25. The first-order chi connectivity index (χ1) is 17.3. The van der Waals surface area contributed by atoms with E-state index in [0.29, 0.717) is 37.1 Å². The van der Waals surface area contributed by atoms with E-state index >= 15 is 0 Å². The maximum atomic E-state index is 13.7. The third-order valence-corrected chi connectivity index (χ3v) is 6.96. The summed E-state index contributed by atoms with van der Waals surface area (Å²) in [7, 11) is 0. The summed E-state index contributed by atoms with van der Waals surface area (Å²) in [6, 6.07) is 19.8. The Morgan fingerprint density at radius 2 is 1.83 bits per heavy atom. The highest BCUT2D eigenvalue weighted by Gasteiger charge is 2.33.